The van der Waals surface area contributed by atoms with Gasteiger partial charge in [0.05, 0.1) is 0 Å². The standard InChI is InChI=1S/C10H12N2/c1-3-8-7-10-11-5-6-12(10)9(8)4-2/h3-7,11H,1-2H3/b8-3-,9-4+. The summed E-state index contributed by atoms with van der Waals surface area (Å²) in [6.07, 6.45) is 8.23. The van der Waals surface area contributed by atoms with Crippen LogP contribution in [0.3, 0.4) is 0 Å². The van der Waals surface area contributed by atoms with Crippen LogP contribution in [0, 0.1) is 0 Å². The summed E-state index contributed by atoms with van der Waals surface area (Å²) in [7, 11) is 0. The number of fused-ring (bicyclic) bond motifs is 1. The van der Waals surface area contributed by atoms with Crippen LogP contribution < -0.4 is 10.6 Å². The van der Waals surface area contributed by atoms with Gasteiger partial charge in [-0.05, 0) is 25.1 Å². The summed E-state index contributed by atoms with van der Waals surface area (Å²) in [5.41, 5.74) is 1.15. The van der Waals surface area contributed by atoms with Crippen LogP contribution in [0.25, 0.3) is 17.8 Å². The molecule has 2 aromatic rings. The first-order chi connectivity index (χ1) is 5.86. The van der Waals surface area contributed by atoms with E-state index in [1.165, 1.54) is 10.6 Å². The normalized spacial score (nSPS) is 14.8. The fraction of sp³-hybridized carbons (Fsp3) is 0.200. The third-order valence-corrected chi connectivity index (χ3v) is 2.15. The number of hydrogen-bond donors (Lipinski definition) is 1. The zero-order chi connectivity index (χ0) is 8.55. The van der Waals surface area contributed by atoms with Crippen molar-refractivity contribution in [2.75, 3.05) is 0 Å². The van der Waals surface area contributed by atoms with Crippen LogP contribution in [0.5, 0.6) is 0 Å². The van der Waals surface area contributed by atoms with E-state index < -0.39 is 0 Å². The third-order valence-electron chi connectivity index (χ3n) is 2.15. The van der Waals surface area contributed by atoms with Crippen molar-refractivity contribution in [3.8, 4) is 0 Å². The highest BCUT2D eigenvalue weighted by Crippen LogP contribution is 1.90. The number of rotatable bonds is 0. The van der Waals surface area contributed by atoms with E-state index in [1.807, 2.05) is 12.4 Å². The van der Waals surface area contributed by atoms with Crippen LogP contribution in [-0.2, 0) is 0 Å². The summed E-state index contributed by atoms with van der Waals surface area (Å²) >= 11 is 0. The van der Waals surface area contributed by atoms with Crippen molar-refractivity contribution in [3.05, 3.63) is 29.0 Å². The highest BCUT2D eigenvalue weighted by atomic mass is 15.0. The summed E-state index contributed by atoms with van der Waals surface area (Å²) in [6, 6.07) is 2.15. The van der Waals surface area contributed by atoms with Gasteiger partial charge in [-0.15, -0.1) is 0 Å². The molecular formula is C10H12N2. The number of aromatic nitrogens is 2. The maximum atomic E-state index is 3.17. The number of hydrogen-bond acceptors (Lipinski definition) is 0. The molecule has 1 N–H and O–H groups in total. The lowest BCUT2D eigenvalue weighted by atomic mass is 10.4. The molecule has 0 saturated carbocycles. The minimum absolute atomic E-state index is 1.15. The number of H-pyrrole nitrogens is 1. The molecular weight excluding hydrogens is 148 g/mol. The number of nitrogens with zero attached hydrogens (tertiary/aromatic N) is 1. The highest BCUT2D eigenvalue weighted by Gasteiger charge is 1.95. The van der Waals surface area contributed by atoms with E-state index in [-0.39, 0.29) is 0 Å². The quantitative estimate of drug-likeness (QED) is 0.590. The van der Waals surface area contributed by atoms with Crippen molar-refractivity contribution in [1.82, 2.24) is 9.38 Å². The second kappa shape index (κ2) is 2.55. The van der Waals surface area contributed by atoms with Crippen LogP contribution in [0.2, 0.25) is 0 Å². The molecule has 2 rings (SSSR count). The summed E-state index contributed by atoms with van der Waals surface area (Å²) in [6.45, 7) is 4.11. The second-order valence-corrected chi connectivity index (χ2v) is 2.78. The summed E-state index contributed by atoms with van der Waals surface area (Å²) in [5, 5.41) is 2.54. The molecule has 2 heteroatoms. The second-order valence-electron chi connectivity index (χ2n) is 2.78. The monoisotopic (exact) mass is 160 g/mol. The molecule has 0 aliphatic rings. The molecule has 2 heterocycles. The molecule has 0 bridgehead atoms. The molecule has 12 heavy (non-hydrogen) atoms. The van der Waals surface area contributed by atoms with E-state index in [9.17, 15) is 0 Å². The van der Waals surface area contributed by atoms with E-state index in [4.69, 9.17) is 0 Å². The number of nitrogens with one attached hydrogen (secondary N) is 1. The topological polar surface area (TPSA) is 20.2 Å². The molecule has 2 nitrogen and oxygen atoms in total. The Morgan fingerprint density at radius 2 is 2.17 bits per heavy atom. The zero-order valence-electron chi connectivity index (χ0n) is 7.33. The lowest BCUT2D eigenvalue weighted by Gasteiger charge is -1.82. The fourth-order valence-corrected chi connectivity index (χ4v) is 1.57. The first-order valence-electron chi connectivity index (χ1n) is 4.14. The molecule has 0 spiro atoms. The smallest absolute Gasteiger partial charge is 0.115 e. The molecule has 0 radical (unpaired) electrons. The minimum atomic E-state index is 1.15. The van der Waals surface area contributed by atoms with Crippen molar-refractivity contribution in [1.29, 1.82) is 0 Å². The molecule has 0 amide bonds. The van der Waals surface area contributed by atoms with E-state index in [2.05, 4.69) is 41.5 Å². The fourth-order valence-electron chi connectivity index (χ4n) is 1.57. The Hall–Kier alpha value is -1.44. The molecule has 0 saturated heterocycles. The van der Waals surface area contributed by atoms with Gasteiger partial charge >= 0.3 is 0 Å². The molecule has 0 atom stereocenters. The van der Waals surface area contributed by atoms with Gasteiger partial charge in [-0.1, -0.05) is 12.2 Å². The Morgan fingerprint density at radius 1 is 1.33 bits per heavy atom. The van der Waals surface area contributed by atoms with Crippen molar-refractivity contribution >= 4 is 17.8 Å². The SMILES string of the molecule is C/C=c1/cc2[nH]ccn2/c1=C/C. The van der Waals surface area contributed by atoms with Crippen LogP contribution >= 0.6 is 0 Å². The average molecular weight is 160 g/mol. The van der Waals surface area contributed by atoms with Gasteiger partial charge in [-0.2, -0.15) is 0 Å². The van der Waals surface area contributed by atoms with E-state index in [1.54, 1.807) is 0 Å². The van der Waals surface area contributed by atoms with Gasteiger partial charge in [0.2, 0.25) is 0 Å². The predicted octanol–water partition coefficient (Wildman–Crippen LogP) is 0.868. The van der Waals surface area contributed by atoms with Gasteiger partial charge in [0, 0.05) is 17.7 Å². The summed E-state index contributed by atoms with van der Waals surface area (Å²) < 4.78 is 2.15. The van der Waals surface area contributed by atoms with Crippen molar-refractivity contribution in [2.24, 2.45) is 0 Å². The molecule has 0 aliphatic carbocycles. The van der Waals surface area contributed by atoms with Crippen molar-refractivity contribution in [3.63, 3.8) is 0 Å². The lowest BCUT2D eigenvalue weighted by molar-refractivity contribution is 1.15. The lowest BCUT2D eigenvalue weighted by Crippen LogP contribution is -2.23. The zero-order valence-corrected chi connectivity index (χ0v) is 7.33. The molecule has 0 fully saturated rings. The minimum Gasteiger partial charge on any atom is -0.346 e. The van der Waals surface area contributed by atoms with Crippen molar-refractivity contribution in [2.45, 2.75) is 13.8 Å². The predicted molar refractivity (Wildman–Crippen MR) is 51.3 cm³/mol. The van der Waals surface area contributed by atoms with Gasteiger partial charge in [0.1, 0.15) is 5.65 Å². The van der Waals surface area contributed by atoms with E-state index in [0.717, 1.165) is 5.65 Å². The van der Waals surface area contributed by atoms with E-state index >= 15 is 0 Å². The Morgan fingerprint density at radius 3 is 2.83 bits per heavy atom. The summed E-state index contributed by atoms with van der Waals surface area (Å²) in [4.78, 5) is 3.17. The Bertz CT molecular complexity index is 499. The average Bonchev–Trinajstić information content (AvgIpc) is 2.61. The summed E-state index contributed by atoms with van der Waals surface area (Å²) in [5.74, 6) is 0. The number of imidazole rings is 1. The first kappa shape index (κ1) is 7.22. The number of aromatic amines is 1. The van der Waals surface area contributed by atoms with E-state index in [0.29, 0.717) is 0 Å². The molecule has 0 aromatic carbocycles. The van der Waals surface area contributed by atoms with Crippen LogP contribution in [0.15, 0.2) is 18.5 Å². The molecule has 62 valence electrons. The van der Waals surface area contributed by atoms with Gasteiger partial charge in [-0.3, -0.25) is 0 Å². The molecule has 2 aromatic heterocycles. The van der Waals surface area contributed by atoms with Gasteiger partial charge < -0.3 is 9.38 Å². The van der Waals surface area contributed by atoms with Gasteiger partial charge in [0.15, 0.2) is 0 Å². The molecule has 0 unspecified atom stereocenters. The maximum absolute atomic E-state index is 3.17. The van der Waals surface area contributed by atoms with Crippen LogP contribution in [0.4, 0.5) is 0 Å². The van der Waals surface area contributed by atoms with Crippen molar-refractivity contribution < 1.29 is 0 Å². The Labute approximate surface area is 70.8 Å². The van der Waals surface area contributed by atoms with Gasteiger partial charge in [0.25, 0.3) is 0 Å². The van der Waals surface area contributed by atoms with Crippen LogP contribution in [-0.4, -0.2) is 9.38 Å². The largest absolute Gasteiger partial charge is 0.346 e. The first-order valence-corrected chi connectivity index (χ1v) is 4.14. The Balaban J connectivity index is 3.09. The molecule has 0 aliphatic heterocycles. The third kappa shape index (κ3) is 0.811. The van der Waals surface area contributed by atoms with Crippen LogP contribution in [0.1, 0.15) is 13.8 Å². The maximum Gasteiger partial charge on any atom is 0.115 e. The Kier molecular flexibility index (Phi) is 1.54. The highest BCUT2D eigenvalue weighted by molar-refractivity contribution is 5.44. The van der Waals surface area contributed by atoms with Gasteiger partial charge in [-0.25, -0.2) is 0 Å².